The molecule has 0 saturated carbocycles. The second-order valence-electron chi connectivity index (χ2n) is 4.47. The minimum absolute atomic E-state index is 0.0680. The van der Waals surface area contributed by atoms with Crippen LogP contribution in [-0.4, -0.2) is 25.6 Å². The number of amides is 1. The van der Waals surface area contributed by atoms with Crippen molar-refractivity contribution in [2.75, 3.05) is 13.7 Å². The van der Waals surface area contributed by atoms with Crippen LogP contribution < -0.4 is 15.8 Å². The van der Waals surface area contributed by atoms with E-state index in [2.05, 4.69) is 5.32 Å². The molecule has 4 nitrogen and oxygen atoms in total. The van der Waals surface area contributed by atoms with Crippen LogP contribution in [0.15, 0.2) is 24.3 Å². The van der Waals surface area contributed by atoms with E-state index in [0.29, 0.717) is 13.0 Å². The number of ether oxygens (including phenoxy) is 1. The van der Waals surface area contributed by atoms with E-state index in [1.165, 1.54) is 0 Å². The molecule has 0 aliphatic rings. The van der Waals surface area contributed by atoms with E-state index < -0.39 is 0 Å². The summed E-state index contributed by atoms with van der Waals surface area (Å²) in [6, 6.07) is 7.91. The lowest BCUT2D eigenvalue weighted by Gasteiger charge is -2.07. The molecule has 100 valence electrons. The van der Waals surface area contributed by atoms with E-state index in [4.69, 9.17) is 10.5 Å². The van der Waals surface area contributed by atoms with E-state index >= 15 is 0 Å². The molecular weight excluding hydrogens is 228 g/mol. The van der Waals surface area contributed by atoms with E-state index in [9.17, 15) is 4.79 Å². The summed E-state index contributed by atoms with van der Waals surface area (Å²) in [7, 11) is 1.64. The maximum Gasteiger partial charge on any atom is 0.220 e. The standard InChI is InChI=1S/C14H22N2O2/c1-11(15)8-9-16-14(17)7-6-12-4-3-5-13(10-12)18-2/h3-5,10-11H,6-9,15H2,1-2H3,(H,16,17). The minimum Gasteiger partial charge on any atom is -0.497 e. The van der Waals surface area contributed by atoms with Crippen molar-refractivity contribution in [3.8, 4) is 5.75 Å². The van der Waals surface area contributed by atoms with Gasteiger partial charge in [0.2, 0.25) is 5.91 Å². The van der Waals surface area contributed by atoms with Crippen LogP contribution >= 0.6 is 0 Å². The van der Waals surface area contributed by atoms with Gasteiger partial charge in [-0.2, -0.15) is 0 Å². The highest BCUT2D eigenvalue weighted by molar-refractivity contribution is 5.76. The molecule has 1 atom stereocenters. The van der Waals surface area contributed by atoms with Gasteiger partial charge in [0.05, 0.1) is 7.11 Å². The first-order valence-corrected chi connectivity index (χ1v) is 6.27. The Morgan fingerprint density at radius 3 is 2.94 bits per heavy atom. The van der Waals surface area contributed by atoms with Gasteiger partial charge in [0.25, 0.3) is 0 Å². The van der Waals surface area contributed by atoms with Gasteiger partial charge >= 0.3 is 0 Å². The highest BCUT2D eigenvalue weighted by atomic mass is 16.5. The zero-order valence-corrected chi connectivity index (χ0v) is 11.1. The molecule has 0 radical (unpaired) electrons. The van der Waals surface area contributed by atoms with Gasteiger partial charge in [0.1, 0.15) is 5.75 Å². The van der Waals surface area contributed by atoms with Crippen LogP contribution in [-0.2, 0) is 11.2 Å². The molecule has 0 aliphatic heterocycles. The molecule has 1 aromatic carbocycles. The second-order valence-corrected chi connectivity index (χ2v) is 4.47. The average molecular weight is 250 g/mol. The van der Waals surface area contributed by atoms with E-state index in [0.717, 1.165) is 24.2 Å². The van der Waals surface area contributed by atoms with Gasteiger partial charge < -0.3 is 15.8 Å². The molecule has 1 rings (SSSR count). The van der Waals surface area contributed by atoms with Gasteiger partial charge in [-0.3, -0.25) is 4.79 Å². The smallest absolute Gasteiger partial charge is 0.220 e. The van der Waals surface area contributed by atoms with Gasteiger partial charge in [0, 0.05) is 19.0 Å². The molecule has 1 amide bonds. The third-order valence-electron chi connectivity index (χ3n) is 2.70. The summed E-state index contributed by atoms with van der Waals surface area (Å²) in [5.41, 5.74) is 6.72. The largest absolute Gasteiger partial charge is 0.497 e. The van der Waals surface area contributed by atoms with Gasteiger partial charge in [-0.1, -0.05) is 12.1 Å². The number of carbonyl (C=O) groups is 1. The fourth-order valence-corrected chi connectivity index (χ4v) is 1.61. The SMILES string of the molecule is COc1cccc(CCC(=O)NCCC(C)N)c1. The minimum atomic E-state index is 0.0680. The van der Waals surface area contributed by atoms with Crippen LogP contribution in [0.4, 0.5) is 0 Å². The molecule has 1 unspecified atom stereocenters. The summed E-state index contributed by atoms with van der Waals surface area (Å²) in [6.45, 7) is 2.58. The van der Waals surface area contributed by atoms with Crippen LogP contribution in [0, 0.1) is 0 Å². The van der Waals surface area contributed by atoms with Crippen LogP contribution in [0.25, 0.3) is 0 Å². The normalized spacial score (nSPS) is 11.9. The van der Waals surface area contributed by atoms with Crippen molar-refractivity contribution >= 4 is 5.91 Å². The fourth-order valence-electron chi connectivity index (χ4n) is 1.61. The number of nitrogens with two attached hydrogens (primary N) is 1. The molecule has 0 spiro atoms. The molecule has 0 heterocycles. The highest BCUT2D eigenvalue weighted by Crippen LogP contribution is 2.13. The first-order valence-electron chi connectivity index (χ1n) is 6.27. The van der Waals surface area contributed by atoms with Gasteiger partial charge in [-0.15, -0.1) is 0 Å². The van der Waals surface area contributed by atoms with Crippen molar-refractivity contribution in [2.24, 2.45) is 5.73 Å². The Morgan fingerprint density at radius 1 is 1.50 bits per heavy atom. The molecule has 18 heavy (non-hydrogen) atoms. The monoisotopic (exact) mass is 250 g/mol. The van der Waals surface area contributed by atoms with Crippen LogP contribution in [0.1, 0.15) is 25.3 Å². The Morgan fingerprint density at radius 2 is 2.28 bits per heavy atom. The Hall–Kier alpha value is -1.55. The number of nitrogens with one attached hydrogen (secondary N) is 1. The predicted octanol–water partition coefficient (Wildman–Crippen LogP) is 1.48. The van der Waals surface area contributed by atoms with Crippen molar-refractivity contribution in [3.63, 3.8) is 0 Å². The molecule has 0 aromatic heterocycles. The summed E-state index contributed by atoms with van der Waals surface area (Å²) in [5, 5.41) is 2.86. The molecular formula is C14H22N2O2. The summed E-state index contributed by atoms with van der Waals surface area (Å²) in [5.74, 6) is 0.892. The number of benzene rings is 1. The predicted molar refractivity (Wildman–Crippen MR) is 72.6 cm³/mol. The first-order chi connectivity index (χ1) is 8.61. The maximum atomic E-state index is 11.6. The van der Waals surface area contributed by atoms with Gasteiger partial charge in [-0.05, 0) is 37.5 Å². The molecule has 0 saturated heterocycles. The van der Waals surface area contributed by atoms with Crippen LogP contribution in [0.5, 0.6) is 5.75 Å². The van der Waals surface area contributed by atoms with Crippen LogP contribution in [0.3, 0.4) is 0 Å². The lowest BCUT2D eigenvalue weighted by molar-refractivity contribution is -0.121. The number of aryl methyl sites for hydroxylation is 1. The lowest BCUT2D eigenvalue weighted by atomic mass is 10.1. The number of hydrogen-bond donors (Lipinski definition) is 2. The number of methoxy groups -OCH3 is 1. The summed E-state index contributed by atoms with van der Waals surface area (Å²) < 4.78 is 5.14. The maximum absolute atomic E-state index is 11.6. The third kappa shape index (κ3) is 5.68. The van der Waals surface area contributed by atoms with Crippen molar-refractivity contribution in [1.29, 1.82) is 0 Å². The lowest BCUT2D eigenvalue weighted by Crippen LogP contribution is -2.29. The Labute approximate surface area is 109 Å². The Bertz CT molecular complexity index is 378. The third-order valence-corrected chi connectivity index (χ3v) is 2.70. The molecule has 3 N–H and O–H groups in total. The topological polar surface area (TPSA) is 64.3 Å². The molecule has 1 aromatic rings. The summed E-state index contributed by atoms with van der Waals surface area (Å²) >= 11 is 0. The van der Waals surface area contributed by atoms with Gasteiger partial charge in [0.15, 0.2) is 0 Å². The van der Waals surface area contributed by atoms with Crippen molar-refractivity contribution in [3.05, 3.63) is 29.8 Å². The number of carbonyl (C=O) groups excluding carboxylic acids is 1. The fraction of sp³-hybridized carbons (Fsp3) is 0.500. The molecule has 4 heteroatoms. The number of rotatable bonds is 7. The average Bonchev–Trinajstić information content (AvgIpc) is 2.36. The Balaban J connectivity index is 2.29. The molecule has 0 fully saturated rings. The van der Waals surface area contributed by atoms with Crippen molar-refractivity contribution < 1.29 is 9.53 Å². The van der Waals surface area contributed by atoms with Gasteiger partial charge in [-0.25, -0.2) is 0 Å². The second kappa shape index (κ2) is 7.71. The van der Waals surface area contributed by atoms with E-state index in [-0.39, 0.29) is 11.9 Å². The van der Waals surface area contributed by atoms with Crippen molar-refractivity contribution in [1.82, 2.24) is 5.32 Å². The zero-order chi connectivity index (χ0) is 13.4. The van der Waals surface area contributed by atoms with Crippen molar-refractivity contribution in [2.45, 2.75) is 32.2 Å². The number of hydrogen-bond acceptors (Lipinski definition) is 3. The quantitative estimate of drug-likeness (QED) is 0.770. The Kier molecular flexibility index (Phi) is 6.22. The van der Waals surface area contributed by atoms with Crippen LogP contribution in [0.2, 0.25) is 0 Å². The molecule has 0 aliphatic carbocycles. The zero-order valence-electron chi connectivity index (χ0n) is 11.1. The summed E-state index contributed by atoms with van der Waals surface area (Å²) in [4.78, 5) is 11.6. The first kappa shape index (κ1) is 14.5. The van der Waals surface area contributed by atoms with E-state index in [1.807, 2.05) is 31.2 Å². The molecule has 0 bridgehead atoms. The summed E-state index contributed by atoms with van der Waals surface area (Å²) in [6.07, 6.45) is 2.03. The van der Waals surface area contributed by atoms with E-state index in [1.54, 1.807) is 7.11 Å². The highest BCUT2D eigenvalue weighted by Gasteiger charge is 2.03.